The van der Waals surface area contributed by atoms with Gasteiger partial charge < -0.3 is 4.79 Å². The Morgan fingerprint density at radius 2 is 2.56 bits per heavy atom. The number of rotatable bonds is 1. The predicted octanol–water partition coefficient (Wildman–Crippen LogP) is 1.61. The summed E-state index contributed by atoms with van der Waals surface area (Å²) < 4.78 is 12.2. The van der Waals surface area contributed by atoms with Crippen molar-refractivity contribution in [2.24, 2.45) is 5.92 Å². The minimum absolute atomic E-state index is 0.107. The average Bonchev–Trinajstić information content (AvgIpc) is 1.90. The molecule has 1 aliphatic rings. The maximum atomic E-state index is 12.2. The zero-order valence-corrected chi connectivity index (χ0v) is 4.88. The quantitative estimate of drug-likeness (QED) is 0.488. The monoisotopic (exact) mass is 126 g/mol. The van der Waals surface area contributed by atoms with E-state index in [1.165, 1.54) is 12.2 Å². The summed E-state index contributed by atoms with van der Waals surface area (Å²) in [6.07, 6.45) is 5.63. The van der Waals surface area contributed by atoms with E-state index in [9.17, 15) is 9.18 Å². The lowest BCUT2D eigenvalue weighted by Gasteiger charge is -2.03. The van der Waals surface area contributed by atoms with Crippen LogP contribution in [0.25, 0.3) is 0 Å². The normalized spacial score (nSPS) is 25.4. The molecule has 0 N–H and O–H groups in total. The van der Waals surface area contributed by atoms with E-state index in [4.69, 9.17) is 0 Å². The van der Waals surface area contributed by atoms with Crippen LogP contribution in [0.4, 0.5) is 4.39 Å². The molecule has 0 heterocycles. The second kappa shape index (κ2) is 2.58. The number of carbonyl (C=O) groups excluding carboxylic acids is 1. The molecule has 0 fully saturated rings. The zero-order valence-electron chi connectivity index (χ0n) is 4.88. The van der Waals surface area contributed by atoms with Crippen LogP contribution in [0.2, 0.25) is 0 Å². The van der Waals surface area contributed by atoms with Gasteiger partial charge in [0.05, 0.1) is 0 Å². The fraction of sp³-hybridized carbons (Fsp3) is 0.286. The summed E-state index contributed by atoms with van der Waals surface area (Å²) in [5, 5.41) is 0. The molecule has 1 atom stereocenters. The molecule has 0 unspecified atom stereocenters. The highest BCUT2D eigenvalue weighted by Crippen LogP contribution is 2.14. The molecule has 2 heteroatoms. The summed E-state index contributed by atoms with van der Waals surface area (Å²) in [5.41, 5.74) is 0. The lowest BCUT2D eigenvalue weighted by molar-refractivity contribution is -0.109. The van der Waals surface area contributed by atoms with Gasteiger partial charge in [0.25, 0.3) is 0 Å². The summed E-state index contributed by atoms with van der Waals surface area (Å²) in [7, 11) is 0. The van der Waals surface area contributed by atoms with Gasteiger partial charge in [-0.15, -0.1) is 0 Å². The molecule has 48 valence electrons. The van der Waals surface area contributed by atoms with Gasteiger partial charge in [0.1, 0.15) is 12.1 Å². The number of hydrogen-bond donors (Lipinski definition) is 0. The fourth-order valence-corrected chi connectivity index (χ4v) is 0.712. The van der Waals surface area contributed by atoms with Crippen LogP contribution in [0, 0.1) is 5.92 Å². The molecule has 0 aromatic carbocycles. The lowest BCUT2D eigenvalue weighted by Crippen LogP contribution is -1.98. The maximum Gasteiger partial charge on any atom is 0.127 e. The van der Waals surface area contributed by atoms with Crippen molar-refractivity contribution in [1.29, 1.82) is 0 Å². The van der Waals surface area contributed by atoms with Gasteiger partial charge >= 0.3 is 0 Å². The van der Waals surface area contributed by atoms with Crippen molar-refractivity contribution < 1.29 is 9.18 Å². The summed E-state index contributed by atoms with van der Waals surface area (Å²) in [6, 6.07) is 0. The molecular weight excluding hydrogens is 119 g/mol. The van der Waals surface area contributed by atoms with Crippen LogP contribution in [0.15, 0.2) is 24.1 Å². The van der Waals surface area contributed by atoms with Crippen LogP contribution in [0.3, 0.4) is 0 Å². The van der Waals surface area contributed by atoms with Crippen molar-refractivity contribution in [2.45, 2.75) is 6.42 Å². The van der Waals surface area contributed by atoms with Crippen molar-refractivity contribution >= 4 is 6.29 Å². The Hall–Kier alpha value is -0.920. The van der Waals surface area contributed by atoms with Gasteiger partial charge in [0.2, 0.25) is 0 Å². The van der Waals surface area contributed by atoms with Crippen LogP contribution < -0.4 is 0 Å². The molecule has 0 aromatic rings. The zero-order chi connectivity index (χ0) is 6.69. The van der Waals surface area contributed by atoms with Gasteiger partial charge in [0, 0.05) is 5.92 Å². The van der Waals surface area contributed by atoms with Crippen molar-refractivity contribution in [2.75, 3.05) is 0 Å². The number of hydrogen-bond acceptors (Lipinski definition) is 1. The van der Waals surface area contributed by atoms with E-state index in [1.54, 1.807) is 6.08 Å². The molecule has 0 spiro atoms. The van der Waals surface area contributed by atoms with E-state index in [0.29, 0.717) is 6.42 Å². The molecule has 0 radical (unpaired) electrons. The summed E-state index contributed by atoms with van der Waals surface area (Å²) in [5.74, 6) is -0.349. The van der Waals surface area contributed by atoms with Gasteiger partial charge in [-0.1, -0.05) is 6.08 Å². The molecule has 0 saturated heterocycles. The SMILES string of the molecule is O=C[C@H]1C=CC(F)=CC1. The molecular formula is C7H7FO. The highest BCUT2D eigenvalue weighted by Gasteiger charge is 2.05. The smallest absolute Gasteiger partial charge is 0.127 e. The van der Waals surface area contributed by atoms with Crippen LogP contribution in [-0.4, -0.2) is 6.29 Å². The van der Waals surface area contributed by atoms with Crippen LogP contribution in [-0.2, 0) is 4.79 Å². The molecule has 1 aliphatic carbocycles. The van der Waals surface area contributed by atoms with Crippen molar-refractivity contribution in [3.8, 4) is 0 Å². The molecule has 1 rings (SSSR count). The van der Waals surface area contributed by atoms with Gasteiger partial charge in [0.15, 0.2) is 0 Å². The Labute approximate surface area is 52.9 Å². The average molecular weight is 126 g/mol. The lowest BCUT2D eigenvalue weighted by atomic mass is 10.0. The Morgan fingerprint density at radius 3 is 3.00 bits per heavy atom. The van der Waals surface area contributed by atoms with E-state index in [1.807, 2.05) is 0 Å². The first-order valence-corrected chi connectivity index (χ1v) is 2.82. The Morgan fingerprint density at radius 1 is 1.78 bits per heavy atom. The summed E-state index contributed by atoms with van der Waals surface area (Å²) >= 11 is 0. The van der Waals surface area contributed by atoms with E-state index in [-0.39, 0.29) is 11.7 Å². The molecule has 0 amide bonds. The van der Waals surface area contributed by atoms with Crippen molar-refractivity contribution in [1.82, 2.24) is 0 Å². The van der Waals surface area contributed by atoms with E-state index in [0.717, 1.165) is 6.29 Å². The van der Waals surface area contributed by atoms with E-state index < -0.39 is 0 Å². The number of carbonyl (C=O) groups is 1. The van der Waals surface area contributed by atoms with Gasteiger partial charge in [-0.2, -0.15) is 0 Å². The van der Waals surface area contributed by atoms with E-state index in [2.05, 4.69) is 0 Å². The van der Waals surface area contributed by atoms with Crippen LogP contribution >= 0.6 is 0 Å². The molecule has 0 aromatic heterocycles. The fourth-order valence-electron chi connectivity index (χ4n) is 0.712. The standard InChI is InChI=1S/C7H7FO/c8-7-3-1-6(5-9)2-4-7/h1,3-6H,2H2/t6-/m0/s1. The first-order valence-electron chi connectivity index (χ1n) is 2.82. The highest BCUT2D eigenvalue weighted by molar-refractivity contribution is 5.58. The van der Waals surface area contributed by atoms with E-state index >= 15 is 0 Å². The topological polar surface area (TPSA) is 17.1 Å². The van der Waals surface area contributed by atoms with Gasteiger partial charge in [-0.25, -0.2) is 4.39 Å². The second-order valence-electron chi connectivity index (χ2n) is 1.98. The molecule has 0 saturated carbocycles. The first kappa shape index (κ1) is 6.20. The third-order valence-electron chi connectivity index (χ3n) is 1.26. The third kappa shape index (κ3) is 1.49. The Balaban J connectivity index is 2.58. The maximum absolute atomic E-state index is 12.2. The predicted molar refractivity (Wildman–Crippen MR) is 32.5 cm³/mol. The van der Waals surface area contributed by atoms with Gasteiger partial charge in [-0.3, -0.25) is 0 Å². The summed E-state index contributed by atoms with van der Waals surface area (Å²) in [6.45, 7) is 0. The van der Waals surface area contributed by atoms with Gasteiger partial charge in [-0.05, 0) is 18.6 Å². The van der Waals surface area contributed by atoms with Crippen molar-refractivity contribution in [3.63, 3.8) is 0 Å². The number of allylic oxidation sites excluding steroid dienone is 4. The Kier molecular flexibility index (Phi) is 1.78. The highest BCUT2D eigenvalue weighted by atomic mass is 19.1. The molecule has 9 heavy (non-hydrogen) atoms. The minimum Gasteiger partial charge on any atom is -0.303 e. The number of halogens is 1. The van der Waals surface area contributed by atoms with Crippen LogP contribution in [0.5, 0.6) is 0 Å². The Bertz CT molecular complexity index is 170. The third-order valence-corrected chi connectivity index (χ3v) is 1.26. The number of aldehydes is 1. The molecule has 1 nitrogen and oxygen atoms in total. The largest absolute Gasteiger partial charge is 0.303 e. The van der Waals surface area contributed by atoms with Crippen molar-refractivity contribution in [3.05, 3.63) is 24.1 Å². The second-order valence-corrected chi connectivity index (χ2v) is 1.98. The summed E-state index contributed by atoms with van der Waals surface area (Å²) in [4.78, 5) is 10.1. The molecule has 0 bridgehead atoms. The minimum atomic E-state index is -0.242. The first-order chi connectivity index (χ1) is 4.33. The molecule has 0 aliphatic heterocycles. The van der Waals surface area contributed by atoms with Crippen LogP contribution in [0.1, 0.15) is 6.42 Å².